The lowest BCUT2D eigenvalue weighted by Crippen LogP contribution is -2.10. The molecule has 0 radical (unpaired) electrons. The van der Waals surface area contributed by atoms with Crippen molar-refractivity contribution in [3.8, 4) is 11.3 Å². The van der Waals surface area contributed by atoms with Crippen LogP contribution in [0.25, 0.3) is 11.3 Å². The first-order valence-electron chi connectivity index (χ1n) is 7.68. The lowest BCUT2D eigenvalue weighted by atomic mass is 10.1. The van der Waals surface area contributed by atoms with Gasteiger partial charge in [-0.3, -0.25) is 0 Å². The molecular formula is C18H20FN5. The van der Waals surface area contributed by atoms with Gasteiger partial charge in [-0.1, -0.05) is 0 Å². The fourth-order valence-corrected chi connectivity index (χ4v) is 2.79. The first kappa shape index (κ1) is 16.0. The van der Waals surface area contributed by atoms with Crippen molar-refractivity contribution in [3.05, 3.63) is 53.6 Å². The van der Waals surface area contributed by atoms with E-state index < -0.39 is 0 Å². The number of hydrogen-bond donors (Lipinski definition) is 2. The van der Waals surface area contributed by atoms with Gasteiger partial charge in [0.05, 0.1) is 5.69 Å². The summed E-state index contributed by atoms with van der Waals surface area (Å²) in [6.45, 7) is 4.11. The summed E-state index contributed by atoms with van der Waals surface area (Å²) in [5.41, 5.74) is 4.86. The third-order valence-electron chi connectivity index (χ3n) is 3.87. The Balaban J connectivity index is 1.95. The Morgan fingerprint density at radius 3 is 2.42 bits per heavy atom. The fourth-order valence-electron chi connectivity index (χ4n) is 2.79. The number of H-pyrrole nitrogens is 1. The third kappa shape index (κ3) is 3.08. The standard InChI is InChI=1S/C18H20FN5/c1-11-16(12(2)21-17(11)24(3)4)15-9-10-20-18(23-15)22-14-7-5-13(19)6-8-14/h5-10,21H,1-4H3,(H,20,22,23). The van der Waals surface area contributed by atoms with Gasteiger partial charge in [0, 0.05) is 42.8 Å². The van der Waals surface area contributed by atoms with E-state index in [2.05, 4.69) is 27.2 Å². The highest BCUT2D eigenvalue weighted by atomic mass is 19.1. The van der Waals surface area contributed by atoms with E-state index in [1.165, 1.54) is 12.1 Å². The number of halogens is 1. The molecule has 0 fully saturated rings. The van der Waals surface area contributed by atoms with Crippen molar-refractivity contribution < 1.29 is 4.39 Å². The van der Waals surface area contributed by atoms with Gasteiger partial charge in [-0.2, -0.15) is 0 Å². The summed E-state index contributed by atoms with van der Waals surface area (Å²) in [7, 11) is 4.01. The fraction of sp³-hybridized carbons (Fsp3) is 0.222. The molecule has 0 aliphatic carbocycles. The minimum absolute atomic E-state index is 0.273. The summed E-state index contributed by atoms with van der Waals surface area (Å²) in [6.07, 6.45) is 1.72. The smallest absolute Gasteiger partial charge is 0.227 e. The van der Waals surface area contributed by atoms with Crippen molar-refractivity contribution in [2.75, 3.05) is 24.3 Å². The lowest BCUT2D eigenvalue weighted by molar-refractivity contribution is 0.628. The molecule has 0 aliphatic rings. The Labute approximate surface area is 140 Å². The molecule has 0 atom stereocenters. The van der Waals surface area contributed by atoms with Crippen LogP contribution >= 0.6 is 0 Å². The Morgan fingerprint density at radius 1 is 1.08 bits per heavy atom. The highest BCUT2D eigenvalue weighted by Gasteiger charge is 2.16. The van der Waals surface area contributed by atoms with Crippen LogP contribution in [0.4, 0.5) is 21.8 Å². The van der Waals surface area contributed by atoms with Crippen molar-refractivity contribution in [2.24, 2.45) is 0 Å². The zero-order valence-electron chi connectivity index (χ0n) is 14.2. The maximum Gasteiger partial charge on any atom is 0.227 e. The molecule has 2 N–H and O–H groups in total. The molecule has 3 rings (SSSR count). The van der Waals surface area contributed by atoms with Gasteiger partial charge in [0.25, 0.3) is 0 Å². The molecule has 0 amide bonds. The second-order valence-corrected chi connectivity index (χ2v) is 5.89. The van der Waals surface area contributed by atoms with E-state index in [0.29, 0.717) is 5.95 Å². The number of aryl methyl sites for hydroxylation is 1. The van der Waals surface area contributed by atoms with Crippen LogP contribution < -0.4 is 10.2 Å². The van der Waals surface area contributed by atoms with Crippen LogP contribution in [0.5, 0.6) is 0 Å². The van der Waals surface area contributed by atoms with E-state index in [9.17, 15) is 4.39 Å². The molecule has 0 bridgehead atoms. The van der Waals surface area contributed by atoms with Crippen LogP contribution in [0.3, 0.4) is 0 Å². The molecule has 3 aromatic rings. The molecule has 24 heavy (non-hydrogen) atoms. The number of aromatic nitrogens is 3. The van der Waals surface area contributed by atoms with Crippen LogP contribution in [-0.4, -0.2) is 29.0 Å². The van der Waals surface area contributed by atoms with Crippen LogP contribution in [-0.2, 0) is 0 Å². The average molecular weight is 325 g/mol. The molecule has 124 valence electrons. The van der Waals surface area contributed by atoms with Gasteiger partial charge in [-0.25, -0.2) is 14.4 Å². The lowest BCUT2D eigenvalue weighted by Gasteiger charge is -2.11. The summed E-state index contributed by atoms with van der Waals surface area (Å²) in [6, 6.07) is 8.00. The maximum atomic E-state index is 13.0. The predicted molar refractivity (Wildman–Crippen MR) is 95.3 cm³/mol. The van der Waals surface area contributed by atoms with E-state index in [1.807, 2.05) is 32.0 Å². The Morgan fingerprint density at radius 2 is 1.79 bits per heavy atom. The molecular weight excluding hydrogens is 305 g/mol. The largest absolute Gasteiger partial charge is 0.364 e. The monoisotopic (exact) mass is 325 g/mol. The second-order valence-electron chi connectivity index (χ2n) is 5.89. The Kier molecular flexibility index (Phi) is 4.20. The van der Waals surface area contributed by atoms with E-state index in [-0.39, 0.29) is 5.82 Å². The molecule has 0 spiro atoms. The van der Waals surface area contributed by atoms with Crippen molar-refractivity contribution >= 4 is 17.5 Å². The summed E-state index contributed by atoms with van der Waals surface area (Å²) < 4.78 is 13.0. The van der Waals surface area contributed by atoms with Gasteiger partial charge in [-0.05, 0) is 44.2 Å². The van der Waals surface area contributed by atoms with Gasteiger partial charge in [0.15, 0.2) is 0 Å². The molecule has 5 nitrogen and oxygen atoms in total. The van der Waals surface area contributed by atoms with Crippen LogP contribution in [0.2, 0.25) is 0 Å². The first-order chi connectivity index (χ1) is 11.5. The van der Waals surface area contributed by atoms with Crippen molar-refractivity contribution in [1.82, 2.24) is 15.0 Å². The summed E-state index contributed by atoms with van der Waals surface area (Å²) in [5, 5.41) is 3.10. The highest BCUT2D eigenvalue weighted by molar-refractivity contribution is 5.74. The quantitative estimate of drug-likeness (QED) is 0.760. The number of anilines is 3. The minimum Gasteiger partial charge on any atom is -0.364 e. The molecule has 0 aliphatic heterocycles. The summed E-state index contributed by atoms with van der Waals surface area (Å²) >= 11 is 0. The molecule has 2 heterocycles. The number of rotatable bonds is 4. The third-order valence-corrected chi connectivity index (χ3v) is 3.87. The molecule has 2 aromatic heterocycles. The molecule has 0 unspecified atom stereocenters. The van der Waals surface area contributed by atoms with Gasteiger partial charge in [0.1, 0.15) is 11.6 Å². The predicted octanol–water partition coefficient (Wildman–Crippen LogP) is 4.04. The Hall–Kier alpha value is -2.89. The first-order valence-corrected chi connectivity index (χ1v) is 7.68. The molecule has 0 saturated carbocycles. The maximum absolute atomic E-state index is 13.0. The van der Waals surface area contributed by atoms with E-state index in [0.717, 1.165) is 34.0 Å². The average Bonchev–Trinajstić information content (AvgIpc) is 2.85. The molecule has 0 saturated heterocycles. The van der Waals surface area contributed by atoms with Gasteiger partial charge >= 0.3 is 0 Å². The number of nitrogens with one attached hydrogen (secondary N) is 2. The van der Waals surface area contributed by atoms with Gasteiger partial charge < -0.3 is 15.2 Å². The topological polar surface area (TPSA) is 56.8 Å². The summed E-state index contributed by atoms with van der Waals surface area (Å²) in [4.78, 5) is 14.3. The van der Waals surface area contributed by atoms with Gasteiger partial charge in [-0.15, -0.1) is 0 Å². The Bertz CT molecular complexity index is 852. The number of benzene rings is 1. The van der Waals surface area contributed by atoms with Crippen LogP contribution in [0, 0.1) is 19.7 Å². The highest BCUT2D eigenvalue weighted by Crippen LogP contribution is 2.32. The normalized spacial score (nSPS) is 10.7. The molecule has 1 aromatic carbocycles. The zero-order valence-corrected chi connectivity index (χ0v) is 14.2. The van der Waals surface area contributed by atoms with Gasteiger partial charge in [0.2, 0.25) is 5.95 Å². The van der Waals surface area contributed by atoms with E-state index in [4.69, 9.17) is 0 Å². The van der Waals surface area contributed by atoms with Crippen molar-refractivity contribution in [2.45, 2.75) is 13.8 Å². The minimum atomic E-state index is -0.273. The number of aromatic amines is 1. The SMILES string of the molecule is Cc1[nH]c(N(C)C)c(C)c1-c1ccnc(Nc2ccc(F)cc2)n1. The second kappa shape index (κ2) is 6.31. The summed E-state index contributed by atoms with van der Waals surface area (Å²) in [5.74, 6) is 1.27. The number of nitrogens with zero attached hydrogens (tertiary/aromatic N) is 3. The van der Waals surface area contributed by atoms with E-state index in [1.54, 1.807) is 18.3 Å². The van der Waals surface area contributed by atoms with Crippen molar-refractivity contribution in [1.29, 1.82) is 0 Å². The zero-order chi connectivity index (χ0) is 17.3. The van der Waals surface area contributed by atoms with Crippen LogP contribution in [0.1, 0.15) is 11.3 Å². The van der Waals surface area contributed by atoms with E-state index >= 15 is 0 Å². The number of hydrogen-bond acceptors (Lipinski definition) is 4. The van der Waals surface area contributed by atoms with Crippen molar-refractivity contribution in [3.63, 3.8) is 0 Å². The van der Waals surface area contributed by atoms with Crippen LogP contribution in [0.15, 0.2) is 36.5 Å². The molecule has 6 heteroatoms.